The van der Waals surface area contributed by atoms with Crippen LogP contribution < -0.4 is 0 Å². The van der Waals surface area contributed by atoms with E-state index in [-0.39, 0.29) is 33.0 Å². The third kappa shape index (κ3) is 51.2. The minimum absolute atomic E-state index is 0.0694. The second kappa shape index (κ2) is 37.0. The standard InChI is InChI=1S/2C12H26O4S.C6H15NO3/c2*1-2-3-4-5-6-7-8-9-10-11-12-16-17(13,14)15;8-4-1-7(2-5-9)3-6-10/h2*2-12H2,1H3,(H,13,14,15);8-10H,1-6H2. The fourth-order valence-electron chi connectivity index (χ4n) is 4.27. The average molecular weight is 682 g/mol. The summed E-state index contributed by atoms with van der Waals surface area (Å²) >= 11 is 0. The van der Waals surface area contributed by atoms with Gasteiger partial charge in [-0.25, -0.2) is 8.37 Å². The van der Waals surface area contributed by atoms with E-state index >= 15 is 0 Å². The van der Waals surface area contributed by atoms with E-state index in [9.17, 15) is 16.8 Å². The number of hydrogen-bond acceptors (Lipinski definition) is 10. The summed E-state index contributed by atoms with van der Waals surface area (Å²) in [6, 6.07) is 0. The van der Waals surface area contributed by atoms with Crippen molar-refractivity contribution in [3.05, 3.63) is 0 Å². The molecule has 0 amide bonds. The van der Waals surface area contributed by atoms with Crippen LogP contribution in [0.15, 0.2) is 0 Å². The Bertz CT molecular complexity index is 686. The Morgan fingerprint density at radius 2 is 0.659 bits per heavy atom. The third-order valence-electron chi connectivity index (χ3n) is 6.71. The number of unbranched alkanes of at least 4 members (excludes halogenated alkanes) is 18. The molecule has 44 heavy (non-hydrogen) atoms. The molecule has 0 bridgehead atoms. The fourth-order valence-corrected chi connectivity index (χ4v) is 4.92. The van der Waals surface area contributed by atoms with Gasteiger partial charge in [-0.05, 0) is 12.8 Å². The smallest absolute Gasteiger partial charge is 0.395 e. The van der Waals surface area contributed by atoms with Gasteiger partial charge in [0.05, 0.1) is 33.0 Å². The zero-order valence-electron chi connectivity index (χ0n) is 27.7. The van der Waals surface area contributed by atoms with Crippen molar-refractivity contribution < 1.29 is 49.6 Å². The summed E-state index contributed by atoms with van der Waals surface area (Å²) in [5, 5.41) is 25.5. The van der Waals surface area contributed by atoms with Gasteiger partial charge in [-0.15, -0.1) is 0 Å². The summed E-state index contributed by atoms with van der Waals surface area (Å²) in [6.45, 7) is 6.37. The molecule has 14 heteroatoms. The molecule has 0 atom stereocenters. The second-order valence-electron chi connectivity index (χ2n) is 10.9. The number of nitrogens with zero attached hydrogens (tertiary/aromatic N) is 1. The van der Waals surface area contributed by atoms with Crippen molar-refractivity contribution in [3.8, 4) is 0 Å². The molecule has 0 aromatic heterocycles. The molecule has 0 heterocycles. The van der Waals surface area contributed by atoms with Crippen LogP contribution in [-0.2, 0) is 29.2 Å². The fraction of sp³-hybridized carbons (Fsp3) is 1.00. The first-order valence-electron chi connectivity index (χ1n) is 16.8. The number of aliphatic hydroxyl groups excluding tert-OH is 3. The van der Waals surface area contributed by atoms with Crippen molar-refractivity contribution in [2.24, 2.45) is 0 Å². The highest BCUT2D eigenvalue weighted by Gasteiger charge is 2.04. The van der Waals surface area contributed by atoms with Gasteiger partial charge in [0.2, 0.25) is 0 Å². The lowest BCUT2D eigenvalue weighted by molar-refractivity contribution is 0.136. The van der Waals surface area contributed by atoms with Crippen LogP contribution in [0.2, 0.25) is 0 Å². The quantitative estimate of drug-likeness (QED) is 0.0458. The van der Waals surface area contributed by atoms with Crippen molar-refractivity contribution in [3.63, 3.8) is 0 Å². The Kier molecular flexibility index (Phi) is 40.4. The largest absolute Gasteiger partial charge is 0.397 e. The Morgan fingerprint density at radius 3 is 0.864 bits per heavy atom. The molecule has 12 nitrogen and oxygen atoms in total. The lowest BCUT2D eigenvalue weighted by atomic mass is 10.1. The molecule has 0 saturated carbocycles. The van der Waals surface area contributed by atoms with Crippen LogP contribution in [0.25, 0.3) is 0 Å². The zero-order valence-corrected chi connectivity index (χ0v) is 29.4. The van der Waals surface area contributed by atoms with Gasteiger partial charge in [-0.1, -0.05) is 129 Å². The molecule has 270 valence electrons. The molecule has 0 aliphatic heterocycles. The normalized spacial score (nSPS) is 11.6. The first-order valence-corrected chi connectivity index (χ1v) is 19.5. The van der Waals surface area contributed by atoms with Crippen LogP contribution in [0, 0.1) is 0 Å². The topological polar surface area (TPSA) is 191 Å². The monoisotopic (exact) mass is 681 g/mol. The van der Waals surface area contributed by atoms with Crippen LogP contribution in [-0.4, -0.2) is 98.8 Å². The predicted molar refractivity (Wildman–Crippen MR) is 176 cm³/mol. The van der Waals surface area contributed by atoms with Crippen molar-refractivity contribution in [2.45, 2.75) is 142 Å². The molecule has 0 unspecified atom stereocenters. The Labute approximate surface area is 269 Å². The highest BCUT2D eigenvalue weighted by molar-refractivity contribution is 7.81. The average Bonchev–Trinajstić information content (AvgIpc) is 2.95. The molecule has 0 aliphatic rings. The van der Waals surface area contributed by atoms with Crippen LogP contribution in [0.3, 0.4) is 0 Å². The van der Waals surface area contributed by atoms with Gasteiger partial charge in [0.1, 0.15) is 0 Å². The summed E-state index contributed by atoms with van der Waals surface area (Å²) < 4.78 is 66.0. The molecule has 0 saturated heterocycles. The molecule has 0 fully saturated rings. The summed E-state index contributed by atoms with van der Waals surface area (Å²) in [4.78, 5) is 1.79. The Hall–Kier alpha value is -0.420. The Balaban J connectivity index is -0.000000594. The number of aliphatic hydroxyl groups is 3. The lowest BCUT2D eigenvalue weighted by Crippen LogP contribution is -2.32. The molecule has 0 radical (unpaired) electrons. The van der Waals surface area contributed by atoms with E-state index < -0.39 is 20.8 Å². The maximum Gasteiger partial charge on any atom is 0.397 e. The van der Waals surface area contributed by atoms with E-state index in [1.54, 1.807) is 4.90 Å². The van der Waals surface area contributed by atoms with Crippen LogP contribution in [0.4, 0.5) is 0 Å². The third-order valence-corrected chi connectivity index (χ3v) is 7.64. The van der Waals surface area contributed by atoms with Crippen LogP contribution in [0.1, 0.15) is 142 Å². The minimum Gasteiger partial charge on any atom is -0.395 e. The zero-order chi connectivity index (χ0) is 33.8. The molecule has 0 aromatic rings. The van der Waals surface area contributed by atoms with Gasteiger partial charge in [0, 0.05) is 19.6 Å². The van der Waals surface area contributed by atoms with E-state index in [1.807, 2.05) is 0 Å². The second-order valence-corrected chi connectivity index (χ2v) is 13.1. The van der Waals surface area contributed by atoms with Crippen LogP contribution in [0.5, 0.6) is 0 Å². The van der Waals surface area contributed by atoms with E-state index in [0.717, 1.165) is 25.7 Å². The molecular formula is C30H67NO11S2. The van der Waals surface area contributed by atoms with Gasteiger partial charge >= 0.3 is 20.8 Å². The Morgan fingerprint density at radius 1 is 0.432 bits per heavy atom. The number of rotatable bonds is 30. The van der Waals surface area contributed by atoms with Gasteiger partial charge in [-0.2, -0.15) is 16.8 Å². The summed E-state index contributed by atoms with van der Waals surface area (Å²) in [5.74, 6) is 0. The summed E-state index contributed by atoms with van der Waals surface area (Å²) in [6.07, 6.45) is 23.7. The minimum atomic E-state index is -4.23. The van der Waals surface area contributed by atoms with E-state index in [1.165, 1.54) is 89.9 Å². The summed E-state index contributed by atoms with van der Waals surface area (Å²) in [5.41, 5.74) is 0. The molecular weight excluding hydrogens is 614 g/mol. The van der Waals surface area contributed by atoms with Gasteiger partial charge in [0.15, 0.2) is 0 Å². The lowest BCUT2D eigenvalue weighted by Gasteiger charge is -2.17. The SMILES string of the molecule is CCCCCCCCCCCCOS(=O)(=O)O.CCCCCCCCCCCCOS(=O)(=O)O.OCCN(CCO)CCO. The number of hydrogen-bond donors (Lipinski definition) is 5. The van der Waals surface area contributed by atoms with Crippen molar-refractivity contribution in [2.75, 3.05) is 52.7 Å². The first kappa shape index (κ1) is 48.0. The highest BCUT2D eigenvalue weighted by atomic mass is 32.3. The van der Waals surface area contributed by atoms with E-state index in [4.69, 9.17) is 24.4 Å². The van der Waals surface area contributed by atoms with Gasteiger partial charge in [0.25, 0.3) is 0 Å². The van der Waals surface area contributed by atoms with Crippen molar-refractivity contribution >= 4 is 20.8 Å². The molecule has 0 aliphatic carbocycles. The molecule has 0 spiro atoms. The summed E-state index contributed by atoms with van der Waals surface area (Å²) in [7, 11) is -8.47. The maximum absolute atomic E-state index is 10.2. The van der Waals surface area contributed by atoms with Gasteiger partial charge in [-0.3, -0.25) is 14.0 Å². The van der Waals surface area contributed by atoms with E-state index in [0.29, 0.717) is 32.5 Å². The molecule has 0 aromatic carbocycles. The highest BCUT2D eigenvalue weighted by Crippen LogP contribution is 2.11. The van der Waals surface area contributed by atoms with E-state index in [2.05, 4.69) is 22.2 Å². The van der Waals surface area contributed by atoms with Crippen molar-refractivity contribution in [1.29, 1.82) is 0 Å². The maximum atomic E-state index is 10.2. The molecule has 0 rings (SSSR count). The molecule has 5 N–H and O–H groups in total. The van der Waals surface area contributed by atoms with Crippen molar-refractivity contribution in [1.82, 2.24) is 4.90 Å². The predicted octanol–water partition coefficient (Wildman–Crippen LogP) is 5.72. The van der Waals surface area contributed by atoms with Crippen LogP contribution >= 0.6 is 0 Å². The van der Waals surface area contributed by atoms with Gasteiger partial charge < -0.3 is 15.3 Å². The first-order chi connectivity index (χ1) is 21.0.